The second-order valence-corrected chi connectivity index (χ2v) is 6.13. The number of nitrogens with zero attached hydrogens (tertiary/aromatic N) is 4. The maximum Gasteiger partial charge on any atom is 0.419 e. The maximum atomic E-state index is 13.3. The summed E-state index contributed by atoms with van der Waals surface area (Å²) in [6.07, 6.45) is -2.05. The Labute approximate surface area is 158 Å². The van der Waals surface area contributed by atoms with E-state index >= 15 is 0 Å². The van der Waals surface area contributed by atoms with Crippen LogP contribution in [0.25, 0.3) is 0 Å². The predicted molar refractivity (Wildman–Crippen MR) is 87.6 cm³/mol. The lowest BCUT2D eigenvalue weighted by Crippen LogP contribution is -2.45. The van der Waals surface area contributed by atoms with Crippen molar-refractivity contribution in [3.05, 3.63) is 52.8 Å². The number of alkyl halides is 3. The van der Waals surface area contributed by atoms with Gasteiger partial charge in [-0.3, -0.25) is 9.48 Å². The van der Waals surface area contributed by atoms with Crippen molar-refractivity contribution >= 4 is 27.5 Å². The van der Waals surface area contributed by atoms with Gasteiger partial charge in [0, 0.05) is 6.20 Å². The fraction of sp³-hybridized carbons (Fsp3) is 0.200. The highest BCUT2D eigenvalue weighted by atomic mass is 79.9. The molecule has 142 valence electrons. The van der Waals surface area contributed by atoms with Gasteiger partial charge < -0.3 is 10.4 Å². The highest BCUT2D eigenvalue weighted by Crippen LogP contribution is 2.32. The molecular weight excluding hydrogens is 438 g/mol. The average molecular weight is 448 g/mol. The third-order valence-corrected chi connectivity index (χ3v) is 3.90. The molecule has 27 heavy (non-hydrogen) atoms. The van der Waals surface area contributed by atoms with Crippen LogP contribution < -0.4 is 5.32 Å². The molecule has 2 aromatic heterocycles. The molecule has 2 heterocycles. The number of carbonyl (C=O) groups is 1. The van der Waals surface area contributed by atoms with E-state index in [1.54, 1.807) is 0 Å². The zero-order valence-corrected chi connectivity index (χ0v) is 14.8. The maximum absolute atomic E-state index is 13.3. The van der Waals surface area contributed by atoms with Crippen molar-refractivity contribution in [2.45, 2.75) is 18.3 Å². The largest absolute Gasteiger partial charge is 0.419 e. The molecule has 1 atom stereocenters. The SMILES string of the molecule is C=C[C@](O)(Cn1cc(Br)c(F)n1)C(=O)Nc1cnc(C#N)c(C(F)(F)F)c1. The number of aromatic nitrogens is 3. The number of aliphatic hydroxyl groups is 1. The first kappa shape index (κ1) is 20.5. The number of nitriles is 1. The van der Waals surface area contributed by atoms with Crippen molar-refractivity contribution in [1.29, 1.82) is 5.26 Å². The number of hydrogen-bond acceptors (Lipinski definition) is 5. The molecule has 0 aromatic carbocycles. The highest BCUT2D eigenvalue weighted by molar-refractivity contribution is 9.10. The quantitative estimate of drug-likeness (QED) is 0.541. The van der Waals surface area contributed by atoms with E-state index in [-0.39, 0.29) is 4.47 Å². The first-order valence-electron chi connectivity index (χ1n) is 7.03. The molecule has 0 bridgehead atoms. The van der Waals surface area contributed by atoms with Crippen molar-refractivity contribution in [3.63, 3.8) is 0 Å². The minimum atomic E-state index is -4.87. The van der Waals surface area contributed by atoms with Gasteiger partial charge in [0.05, 0.1) is 28.5 Å². The van der Waals surface area contributed by atoms with Gasteiger partial charge in [0.2, 0.25) is 5.95 Å². The standard InChI is InChI=1S/C15H10BrF4N5O2/c1-2-14(27,7-25-6-10(16)12(17)24-25)13(26)23-8-3-9(15(18,19)20)11(4-21)22-5-8/h2-3,5-6,27H,1,7H2,(H,23,26)/t14-/m0/s1. The predicted octanol–water partition coefficient (Wildman–Crippen LogP) is 2.63. The Morgan fingerprint density at radius 1 is 1.52 bits per heavy atom. The Balaban J connectivity index is 2.28. The van der Waals surface area contributed by atoms with Gasteiger partial charge in [-0.25, -0.2) is 4.98 Å². The molecule has 0 saturated carbocycles. The van der Waals surface area contributed by atoms with E-state index in [1.165, 1.54) is 6.07 Å². The van der Waals surface area contributed by atoms with Gasteiger partial charge in [-0.05, 0) is 28.1 Å². The molecule has 0 fully saturated rings. The van der Waals surface area contributed by atoms with E-state index in [2.05, 4.69) is 37.9 Å². The lowest BCUT2D eigenvalue weighted by molar-refractivity contribution is -0.138. The second kappa shape index (κ2) is 7.45. The molecule has 7 nitrogen and oxygen atoms in total. The number of carbonyl (C=O) groups excluding carboxylic acids is 1. The summed E-state index contributed by atoms with van der Waals surface area (Å²) in [6, 6.07) is 1.81. The fourth-order valence-corrected chi connectivity index (χ4v) is 2.32. The van der Waals surface area contributed by atoms with E-state index in [1.807, 2.05) is 0 Å². The Hall–Kier alpha value is -2.78. The summed E-state index contributed by atoms with van der Waals surface area (Å²) in [4.78, 5) is 15.7. The Kier molecular flexibility index (Phi) is 5.67. The monoisotopic (exact) mass is 447 g/mol. The number of rotatable bonds is 5. The summed E-state index contributed by atoms with van der Waals surface area (Å²) < 4.78 is 53.0. The van der Waals surface area contributed by atoms with Crippen LogP contribution in [0.15, 0.2) is 35.6 Å². The molecule has 2 rings (SSSR count). The van der Waals surface area contributed by atoms with Gasteiger partial charge in [0.25, 0.3) is 5.91 Å². The topological polar surface area (TPSA) is 104 Å². The van der Waals surface area contributed by atoms with Crippen LogP contribution in [0.4, 0.5) is 23.2 Å². The van der Waals surface area contributed by atoms with Crippen molar-refractivity contribution < 1.29 is 27.5 Å². The zero-order chi connectivity index (χ0) is 20.4. The van der Waals surface area contributed by atoms with Gasteiger partial charge in [-0.2, -0.15) is 22.8 Å². The molecule has 0 aliphatic heterocycles. The van der Waals surface area contributed by atoms with E-state index in [0.29, 0.717) is 6.07 Å². The number of anilines is 1. The lowest BCUT2D eigenvalue weighted by Gasteiger charge is -2.23. The third-order valence-electron chi connectivity index (χ3n) is 3.37. The summed E-state index contributed by atoms with van der Waals surface area (Å²) in [5.41, 5.74) is -4.93. The van der Waals surface area contributed by atoms with E-state index < -0.39 is 47.1 Å². The molecule has 12 heteroatoms. The van der Waals surface area contributed by atoms with Crippen LogP contribution in [0, 0.1) is 17.3 Å². The van der Waals surface area contributed by atoms with Gasteiger partial charge in [-0.15, -0.1) is 5.10 Å². The zero-order valence-electron chi connectivity index (χ0n) is 13.3. The molecule has 0 aliphatic rings. The Morgan fingerprint density at radius 3 is 2.67 bits per heavy atom. The summed E-state index contributed by atoms with van der Waals surface area (Å²) >= 11 is 2.87. The first-order chi connectivity index (χ1) is 12.5. The summed E-state index contributed by atoms with van der Waals surface area (Å²) in [7, 11) is 0. The average Bonchev–Trinajstić information content (AvgIpc) is 2.91. The number of halogens is 5. The van der Waals surface area contributed by atoms with Crippen molar-refractivity contribution in [2.75, 3.05) is 5.32 Å². The number of amides is 1. The normalized spacial score (nSPS) is 13.5. The molecule has 2 aromatic rings. The van der Waals surface area contributed by atoms with Gasteiger partial charge in [-0.1, -0.05) is 6.58 Å². The summed E-state index contributed by atoms with van der Waals surface area (Å²) in [5, 5.41) is 24.6. The molecule has 0 radical (unpaired) electrons. The second-order valence-electron chi connectivity index (χ2n) is 5.28. The van der Waals surface area contributed by atoms with Crippen LogP contribution in [0.5, 0.6) is 0 Å². The van der Waals surface area contributed by atoms with E-state index in [4.69, 9.17) is 5.26 Å². The fourth-order valence-electron chi connectivity index (χ4n) is 2.01. The van der Waals surface area contributed by atoms with Gasteiger partial charge in [0.15, 0.2) is 11.3 Å². The smallest absolute Gasteiger partial charge is 0.374 e. The van der Waals surface area contributed by atoms with Crippen LogP contribution in [-0.2, 0) is 17.5 Å². The lowest BCUT2D eigenvalue weighted by atomic mass is 10.0. The van der Waals surface area contributed by atoms with Gasteiger partial charge in [0.1, 0.15) is 6.07 Å². The minimum Gasteiger partial charge on any atom is -0.374 e. The number of pyridine rings is 1. The van der Waals surface area contributed by atoms with Crippen LogP contribution in [0.1, 0.15) is 11.3 Å². The number of hydrogen-bond donors (Lipinski definition) is 2. The van der Waals surface area contributed by atoms with E-state index in [0.717, 1.165) is 23.2 Å². The van der Waals surface area contributed by atoms with Crippen molar-refractivity contribution in [1.82, 2.24) is 14.8 Å². The molecule has 0 aliphatic carbocycles. The molecule has 1 amide bonds. The highest BCUT2D eigenvalue weighted by Gasteiger charge is 2.37. The minimum absolute atomic E-state index is 0.0135. The summed E-state index contributed by atoms with van der Waals surface area (Å²) in [6.45, 7) is 2.75. The van der Waals surface area contributed by atoms with Crippen LogP contribution in [0.3, 0.4) is 0 Å². The molecule has 0 spiro atoms. The van der Waals surface area contributed by atoms with Crippen LogP contribution in [0.2, 0.25) is 0 Å². The Bertz CT molecular complexity index is 918. The van der Waals surface area contributed by atoms with Crippen molar-refractivity contribution in [2.24, 2.45) is 0 Å². The molecule has 2 N–H and O–H groups in total. The summed E-state index contributed by atoms with van der Waals surface area (Å²) in [5.74, 6) is -2.03. The Morgan fingerprint density at radius 2 is 2.19 bits per heavy atom. The third kappa shape index (κ3) is 4.50. The number of nitrogens with one attached hydrogen (secondary N) is 1. The molecule has 0 saturated heterocycles. The van der Waals surface area contributed by atoms with E-state index in [9.17, 15) is 27.5 Å². The van der Waals surface area contributed by atoms with Crippen molar-refractivity contribution in [3.8, 4) is 6.07 Å². The van der Waals surface area contributed by atoms with Crippen LogP contribution >= 0.6 is 15.9 Å². The molecule has 0 unspecified atom stereocenters. The first-order valence-corrected chi connectivity index (χ1v) is 7.82. The van der Waals surface area contributed by atoms with Gasteiger partial charge >= 0.3 is 6.18 Å². The van der Waals surface area contributed by atoms with Crippen LogP contribution in [-0.4, -0.2) is 31.4 Å². The molecular formula is C15H10BrF4N5O2.